The number of likely N-dealkylation sites (tertiary alicyclic amines) is 1. The fourth-order valence-corrected chi connectivity index (χ4v) is 3.12. The molecule has 1 aromatic rings. The van der Waals surface area contributed by atoms with Gasteiger partial charge in [-0.15, -0.1) is 0 Å². The second kappa shape index (κ2) is 10.2. The summed E-state index contributed by atoms with van der Waals surface area (Å²) in [6, 6.07) is 7.61. The molecule has 0 radical (unpaired) electrons. The van der Waals surface area contributed by atoms with Crippen molar-refractivity contribution >= 4 is 5.91 Å². The molecule has 5 heteroatoms. The number of amides is 1. The zero-order chi connectivity index (χ0) is 17.2. The molecule has 1 unspecified atom stereocenters. The summed E-state index contributed by atoms with van der Waals surface area (Å²) in [5.41, 5.74) is 0. The summed E-state index contributed by atoms with van der Waals surface area (Å²) in [5.74, 6) is 2.51. The molecule has 2 rings (SSSR count). The van der Waals surface area contributed by atoms with Crippen LogP contribution in [0.2, 0.25) is 0 Å². The Labute approximate surface area is 145 Å². The molecule has 0 saturated carbocycles. The lowest BCUT2D eigenvalue weighted by atomic mass is 9.97. The molecular formula is C19H30N2O3. The molecule has 0 aromatic heterocycles. The van der Waals surface area contributed by atoms with Crippen LogP contribution in [0.3, 0.4) is 0 Å². The third-order valence-corrected chi connectivity index (χ3v) is 4.30. The van der Waals surface area contributed by atoms with Crippen molar-refractivity contribution in [1.82, 2.24) is 10.2 Å². The quantitative estimate of drug-likeness (QED) is 0.706. The standard InChI is InChI=1S/C19H30N2O3/c1-3-23-17-8-10-18(11-9-17)24-13-5-7-19(22)21-12-4-6-16(15-21)14-20-2/h8-11,16,20H,3-7,12-15H2,1-2H3. The lowest BCUT2D eigenvalue weighted by molar-refractivity contribution is -0.133. The van der Waals surface area contributed by atoms with Crippen LogP contribution < -0.4 is 14.8 Å². The topological polar surface area (TPSA) is 50.8 Å². The van der Waals surface area contributed by atoms with Crippen LogP contribution in [0, 0.1) is 5.92 Å². The highest BCUT2D eigenvalue weighted by atomic mass is 16.5. The molecule has 1 amide bonds. The number of carbonyl (C=O) groups is 1. The first kappa shape index (κ1) is 18.6. The Hall–Kier alpha value is -1.75. The summed E-state index contributed by atoms with van der Waals surface area (Å²) in [5, 5.41) is 3.21. The molecule has 1 fully saturated rings. The van der Waals surface area contributed by atoms with Gasteiger partial charge < -0.3 is 19.7 Å². The zero-order valence-corrected chi connectivity index (χ0v) is 14.9. The van der Waals surface area contributed by atoms with Gasteiger partial charge in [0.25, 0.3) is 0 Å². The Morgan fingerprint density at radius 2 is 1.96 bits per heavy atom. The molecule has 1 aliphatic rings. The first-order valence-corrected chi connectivity index (χ1v) is 9.01. The van der Waals surface area contributed by atoms with Crippen LogP contribution in [0.25, 0.3) is 0 Å². The molecule has 1 atom stereocenters. The van der Waals surface area contributed by atoms with Gasteiger partial charge in [-0.3, -0.25) is 4.79 Å². The minimum atomic E-state index is 0.256. The van der Waals surface area contributed by atoms with Crippen LogP contribution in [0.15, 0.2) is 24.3 Å². The predicted molar refractivity (Wildman–Crippen MR) is 95.6 cm³/mol. The van der Waals surface area contributed by atoms with Crippen molar-refractivity contribution in [3.63, 3.8) is 0 Å². The first-order chi connectivity index (χ1) is 11.7. The minimum absolute atomic E-state index is 0.256. The lowest BCUT2D eigenvalue weighted by Gasteiger charge is -2.32. The molecule has 0 bridgehead atoms. The number of ether oxygens (including phenoxy) is 2. The molecule has 0 spiro atoms. The lowest BCUT2D eigenvalue weighted by Crippen LogP contribution is -2.42. The number of hydrogen-bond donors (Lipinski definition) is 1. The Morgan fingerprint density at radius 1 is 1.25 bits per heavy atom. The van der Waals surface area contributed by atoms with Gasteiger partial charge in [-0.25, -0.2) is 0 Å². The number of hydrogen-bond acceptors (Lipinski definition) is 4. The van der Waals surface area contributed by atoms with E-state index in [4.69, 9.17) is 9.47 Å². The number of carbonyl (C=O) groups excluding carboxylic acids is 1. The van der Waals surface area contributed by atoms with E-state index in [1.807, 2.05) is 43.1 Å². The second-order valence-electron chi connectivity index (χ2n) is 6.26. The summed E-state index contributed by atoms with van der Waals surface area (Å²) in [4.78, 5) is 14.3. The van der Waals surface area contributed by atoms with Gasteiger partial charge in [0.15, 0.2) is 0 Å². The van der Waals surface area contributed by atoms with Crippen LogP contribution in [-0.4, -0.2) is 50.7 Å². The van der Waals surface area contributed by atoms with Gasteiger partial charge in [0.1, 0.15) is 11.5 Å². The Bertz CT molecular complexity index is 488. The van der Waals surface area contributed by atoms with Crippen molar-refractivity contribution in [3.8, 4) is 11.5 Å². The molecule has 1 aromatic carbocycles. The van der Waals surface area contributed by atoms with Crippen molar-refractivity contribution in [2.75, 3.05) is 39.9 Å². The van der Waals surface area contributed by atoms with E-state index < -0.39 is 0 Å². The van der Waals surface area contributed by atoms with Gasteiger partial charge >= 0.3 is 0 Å². The van der Waals surface area contributed by atoms with Gasteiger partial charge in [0.05, 0.1) is 13.2 Å². The van der Waals surface area contributed by atoms with Gasteiger partial charge in [-0.2, -0.15) is 0 Å². The predicted octanol–water partition coefficient (Wildman–Crippen LogP) is 2.70. The van der Waals surface area contributed by atoms with E-state index in [0.29, 0.717) is 25.6 Å². The van der Waals surface area contributed by atoms with Crippen molar-refractivity contribution in [3.05, 3.63) is 24.3 Å². The molecule has 0 aliphatic carbocycles. The van der Waals surface area contributed by atoms with Crippen LogP contribution >= 0.6 is 0 Å². The van der Waals surface area contributed by atoms with E-state index in [2.05, 4.69) is 5.32 Å². The van der Waals surface area contributed by atoms with E-state index >= 15 is 0 Å². The maximum atomic E-state index is 12.3. The normalized spacial score (nSPS) is 17.6. The number of rotatable bonds is 9. The van der Waals surface area contributed by atoms with E-state index in [0.717, 1.165) is 44.0 Å². The van der Waals surface area contributed by atoms with Crippen LogP contribution in [0.5, 0.6) is 11.5 Å². The molecular weight excluding hydrogens is 304 g/mol. The van der Waals surface area contributed by atoms with Crippen molar-refractivity contribution in [2.24, 2.45) is 5.92 Å². The first-order valence-electron chi connectivity index (χ1n) is 9.01. The monoisotopic (exact) mass is 334 g/mol. The summed E-state index contributed by atoms with van der Waals surface area (Å²) < 4.78 is 11.1. The zero-order valence-electron chi connectivity index (χ0n) is 14.9. The van der Waals surface area contributed by atoms with Crippen molar-refractivity contribution in [2.45, 2.75) is 32.6 Å². The highest BCUT2D eigenvalue weighted by molar-refractivity contribution is 5.76. The molecule has 5 nitrogen and oxygen atoms in total. The number of piperidine rings is 1. The fourth-order valence-electron chi connectivity index (χ4n) is 3.12. The average Bonchev–Trinajstić information content (AvgIpc) is 2.61. The smallest absolute Gasteiger partial charge is 0.222 e. The summed E-state index contributed by atoms with van der Waals surface area (Å²) in [6.45, 7) is 5.97. The molecule has 24 heavy (non-hydrogen) atoms. The van der Waals surface area contributed by atoms with Crippen LogP contribution in [0.4, 0.5) is 0 Å². The maximum absolute atomic E-state index is 12.3. The highest BCUT2D eigenvalue weighted by Gasteiger charge is 2.22. The van der Waals surface area contributed by atoms with E-state index in [1.54, 1.807) is 0 Å². The molecule has 1 N–H and O–H groups in total. The average molecular weight is 334 g/mol. The molecule has 1 aliphatic heterocycles. The SMILES string of the molecule is CCOc1ccc(OCCCC(=O)N2CCCC(CNC)C2)cc1. The third kappa shape index (κ3) is 6.04. The van der Waals surface area contributed by atoms with E-state index in [-0.39, 0.29) is 5.91 Å². The van der Waals surface area contributed by atoms with E-state index in [1.165, 1.54) is 6.42 Å². The van der Waals surface area contributed by atoms with Gasteiger partial charge in [-0.1, -0.05) is 0 Å². The number of nitrogens with one attached hydrogen (secondary N) is 1. The van der Waals surface area contributed by atoms with Gasteiger partial charge in [-0.05, 0) is 70.0 Å². The number of nitrogens with zero attached hydrogens (tertiary/aromatic N) is 1. The minimum Gasteiger partial charge on any atom is -0.494 e. The van der Waals surface area contributed by atoms with Crippen LogP contribution in [0.1, 0.15) is 32.6 Å². The number of benzene rings is 1. The Morgan fingerprint density at radius 3 is 2.62 bits per heavy atom. The second-order valence-corrected chi connectivity index (χ2v) is 6.26. The van der Waals surface area contributed by atoms with Crippen LogP contribution in [-0.2, 0) is 4.79 Å². The summed E-state index contributed by atoms with van der Waals surface area (Å²) in [7, 11) is 1.97. The van der Waals surface area contributed by atoms with Gasteiger partial charge in [0.2, 0.25) is 5.91 Å². The van der Waals surface area contributed by atoms with Crippen molar-refractivity contribution < 1.29 is 14.3 Å². The highest BCUT2D eigenvalue weighted by Crippen LogP contribution is 2.19. The van der Waals surface area contributed by atoms with Crippen molar-refractivity contribution in [1.29, 1.82) is 0 Å². The molecule has 1 heterocycles. The summed E-state index contributed by atoms with van der Waals surface area (Å²) >= 11 is 0. The van der Waals surface area contributed by atoms with E-state index in [9.17, 15) is 4.79 Å². The van der Waals surface area contributed by atoms with Gasteiger partial charge in [0, 0.05) is 19.5 Å². The molecule has 134 valence electrons. The molecule has 1 saturated heterocycles. The maximum Gasteiger partial charge on any atom is 0.222 e. The Balaban J connectivity index is 1.65. The summed E-state index contributed by atoms with van der Waals surface area (Å²) in [6.07, 6.45) is 3.63. The third-order valence-electron chi connectivity index (χ3n) is 4.30. The Kier molecular flexibility index (Phi) is 7.89. The fraction of sp³-hybridized carbons (Fsp3) is 0.632. The largest absolute Gasteiger partial charge is 0.494 e.